The van der Waals surface area contributed by atoms with Crippen molar-refractivity contribution in [3.05, 3.63) is 57.0 Å². The normalized spacial score (nSPS) is 10.4. The van der Waals surface area contributed by atoms with Gasteiger partial charge in [-0.2, -0.15) is 0 Å². The fourth-order valence-electron chi connectivity index (χ4n) is 1.83. The number of hydrogen-bond acceptors (Lipinski definition) is 3. The number of hydrogen-bond donors (Lipinski definition) is 1. The lowest BCUT2D eigenvalue weighted by molar-refractivity contribution is 0.257. The molecule has 0 saturated heterocycles. The first-order chi connectivity index (χ1) is 9.63. The van der Waals surface area contributed by atoms with Crippen LogP contribution < -0.4 is 9.47 Å². The molecule has 0 atom stereocenters. The molecule has 2 aromatic carbocycles. The van der Waals surface area contributed by atoms with E-state index in [1.165, 1.54) is 0 Å². The Morgan fingerprint density at radius 1 is 1.10 bits per heavy atom. The van der Waals surface area contributed by atoms with Gasteiger partial charge in [0.15, 0.2) is 0 Å². The first kappa shape index (κ1) is 15.2. The smallest absolute Gasteiger partial charge is 0.125 e. The summed E-state index contributed by atoms with van der Waals surface area (Å²) in [5.74, 6) is 1.36. The predicted octanol–water partition coefficient (Wildman–Crippen LogP) is 4.18. The van der Waals surface area contributed by atoms with Crippen LogP contribution in [-0.2, 0) is 13.2 Å². The Hall–Kier alpha value is -1.23. The summed E-state index contributed by atoms with van der Waals surface area (Å²) in [7, 11) is 1.60. The van der Waals surface area contributed by atoms with Gasteiger partial charge in [0.05, 0.1) is 13.7 Å². The van der Waals surface area contributed by atoms with Crippen molar-refractivity contribution in [2.45, 2.75) is 13.2 Å². The SMILES string of the molecule is COc1ccc(Cl)cc1COc1ccc(Br)cc1CO. The summed E-state index contributed by atoms with van der Waals surface area (Å²) in [6.45, 7) is 0.236. The van der Waals surface area contributed by atoms with E-state index in [-0.39, 0.29) is 6.61 Å². The molecule has 0 bridgehead atoms. The molecule has 2 aromatic rings. The van der Waals surface area contributed by atoms with Crippen molar-refractivity contribution in [3.63, 3.8) is 0 Å². The van der Waals surface area contributed by atoms with E-state index in [2.05, 4.69) is 15.9 Å². The lowest BCUT2D eigenvalue weighted by Gasteiger charge is -2.13. The van der Waals surface area contributed by atoms with Crippen LogP contribution >= 0.6 is 27.5 Å². The molecule has 0 aliphatic rings. The molecule has 0 aromatic heterocycles. The summed E-state index contributed by atoms with van der Waals surface area (Å²) in [5.41, 5.74) is 1.58. The van der Waals surface area contributed by atoms with Crippen LogP contribution in [0.1, 0.15) is 11.1 Å². The Kier molecular flexibility index (Phi) is 5.29. The third-order valence-corrected chi connectivity index (χ3v) is 3.55. The van der Waals surface area contributed by atoms with E-state index in [0.29, 0.717) is 17.4 Å². The third-order valence-electron chi connectivity index (χ3n) is 2.82. The molecule has 20 heavy (non-hydrogen) atoms. The van der Waals surface area contributed by atoms with Gasteiger partial charge < -0.3 is 14.6 Å². The second-order valence-electron chi connectivity index (χ2n) is 4.16. The molecule has 1 N–H and O–H groups in total. The number of halogens is 2. The van der Waals surface area contributed by atoms with Gasteiger partial charge in [0, 0.05) is 20.6 Å². The van der Waals surface area contributed by atoms with Crippen LogP contribution in [0.2, 0.25) is 5.02 Å². The van der Waals surface area contributed by atoms with Crippen LogP contribution in [0.15, 0.2) is 40.9 Å². The van der Waals surface area contributed by atoms with E-state index in [4.69, 9.17) is 21.1 Å². The summed E-state index contributed by atoms with van der Waals surface area (Å²) in [6, 6.07) is 10.9. The first-order valence-corrected chi connectivity index (χ1v) is 7.15. The molecule has 2 rings (SSSR count). The van der Waals surface area contributed by atoms with Crippen molar-refractivity contribution in [1.29, 1.82) is 0 Å². The molecule has 0 spiro atoms. The van der Waals surface area contributed by atoms with Gasteiger partial charge in [-0.25, -0.2) is 0 Å². The van der Waals surface area contributed by atoms with Crippen LogP contribution in [0.3, 0.4) is 0 Å². The lowest BCUT2D eigenvalue weighted by Crippen LogP contribution is -2.01. The maximum absolute atomic E-state index is 9.34. The molecule has 0 amide bonds. The second-order valence-corrected chi connectivity index (χ2v) is 5.51. The minimum Gasteiger partial charge on any atom is -0.496 e. The monoisotopic (exact) mass is 356 g/mol. The molecule has 0 unspecified atom stereocenters. The number of methoxy groups -OCH3 is 1. The maximum Gasteiger partial charge on any atom is 0.125 e. The van der Waals surface area contributed by atoms with Crippen molar-refractivity contribution in [2.75, 3.05) is 7.11 Å². The molecule has 0 heterocycles. The Bertz CT molecular complexity index is 602. The average molecular weight is 358 g/mol. The average Bonchev–Trinajstić information content (AvgIpc) is 2.46. The van der Waals surface area contributed by atoms with Gasteiger partial charge in [0.25, 0.3) is 0 Å². The van der Waals surface area contributed by atoms with Crippen LogP contribution in [0, 0.1) is 0 Å². The predicted molar refractivity (Wildman–Crippen MR) is 82.4 cm³/mol. The lowest BCUT2D eigenvalue weighted by atomic mass is 10.2. The highest BCUT2D eigenvalue weighted by molar-refractivity contribution is 9.10. The maximum atomic E-state index is 9.34. The van der Waals surface area contributed by atoms with Gasteiger partial charge in [0.2, 0.25) is 0 Å². The van der Waals surface area contributed by atoms with Gasteiger partial charge in [-0.1, -0.05) is 27.5 Å². The Morgan fingerprint density at radius 2 is 1.85 bits per heavy atom. The van der Waals surface area contributed by atoms with Crippen molar-refractivity contribution in [2.24, 2.45) is 0 Å². The zero-order valence-corrected chi connectivity index (χ0v) is 13.2. The van der Waals surface area contributed by atoms with Gasteiger partial charge in [-0.15, -0.1) is 0 Å². The van der Waals surface area contributed by atoms with E-state index in [1.54, 1.807) is 25.3 Å². The van der Waals surface area contributed by atoms with Crippen molar-refractivity contribution in [1.82, 2.24) is 0 Å². The van der Waals surface area contributed by atoms with Crippen LogP contribution in [-0.4, -0.2) is 12.2 Å². The fourth-order valence-corrected chi connectivity index (χ4v) is 2.43. The van der Waals surface area contributed by atoms with E-state index >= 15 is 0 Å². The summed E-state index contributed by atoms with van der Waals surface area (Å²) in [6.07, 6.45) is 0. The Balaban J connectivity index is 2.18. The summed E-state index contributed by atoms with van der Waals surface area (Å²) < 4.78 is 11.9. The molecule has 0 aliphatic heterocycles. The molecule has 106 valence electrons. The number of rotatable bonds is 5. The summed E-state index contributed by atoms with van der Waals surface area (Å²) in [4.78, 5) is 0. The van der Waals surface area contributed by atoms with Crippen molar-refractivity contribution >= 4 is 27.5 Å². The molecule has 0 radical (unpaired) electrons. The van der Waals surface area contributed by atoms with Crippen LogP contribution in [0.4, 0.5) is 0 Å². The van der Waals surface area contributed by atoms with E-state index < -0.39 is 0 Å². The Morgan fingerprint density at radius 3 is 2.55 bits per heavy atom. The third kappa shape index (κ3) is 3.66. The molecule has 0 fully saturated rings. The number of benzene rings is 2. The molecular weight excluding hydrogens is 344 g/mol. The van der Waals surface area contributed by atoms with Crippen molar-refractivity contribution < 1.29 is 14.6 Å². The first-order valence-electron chi connectivity index (χ1n) is 5.98. The summed E-state index contributed by atoms with van der Waals surface area (Å²) >= 11 is 9.34. The highest BCUT2D eigenvalue weighted by atomic mass is 79.9. The van der Waals surface area contributed by atoms with E-state index in [9.17, 15) is 5.11 Å². The van der Waals surface area contributed by atoms with Gasteiger partial charge in [0.1, 0.15) is 18.1 Å². The van der Waals surface area contributed by atoms with Crippen LogP contribution in [0.25, 0.3) is 0 Å². The van der Waals surface area contributed by atoms with Gasteiger partial charge in [-0.05, 0) is 36.4 Å². The van der Waals surface area contributed by atoms with Crippen molar-refractivity contribution in [3.8, 4) is 11.5 Å². The number of aliphatic hydroxyl groups is 1. The molecule has 0 aliphatic carbocycles. The molecule has 0 saturated carbocycles. The quantitative estimate of drug-likeness (QED) is 0.872. The molecular formula is C15H14BrClO3. The van der Waals surface area contributed by atoms with Crippen LogP contribution in [0.5, 0.6) is 11.5 Å². The largest absolute Gasteiger partial charge is 0.496 e. The van der Waals surface area contributed by atoms with Gasteiger partial charge >= 0.3 is 0 Å². The topological polar surface area (TPSA) is 38.7 Å². The second kappa shape index (κ2) is 6.97. The minimum atomic E-state index is -0.0819. The number of ether oxygens (including phenoxy) is 2. The van der Waals surface area contributed by atoms with E-state index in [0.717, 1.165) is 21.3 Å². The highest BCUT2D eigenvalue weighted by Gasteiger charge is 2.08. The zero-order valence-electron chi connectivity index (χ0n) is 10.9. The Labute approximate surface area is 131 Å². The zero-order chi connectivity index (χ0) is 14.5. The highest BCUT2D eigenvalue weighted by Crippen LogP contribution is 2.27. The molecule has 5 heteroatoms. The van der Waals surface area contributed by atoms with E-state index in [1.807, 2.05) is 18.2 Å². The number of aliphatic hydroxyl groups excluding tert-OH is 1. The van der Waals surface area contributed by atoms with Gasteiger partial charge in [-0.3, -0.25) is 0 Å². The molecule has 3 nitrogen and oxygen atoms in total. The summed E-state index contributed by atoms with van der Waals surface area (Å²) in [5, 5.41) is 9.97. The minimum absolute atomic E-state index is 0.0819. The standard InChI is InChI=1S/C15H14BrClO3/c1-19-14-5-3-13(17)7-11(14)9-20-15-4-2-12(16)6-10(15)8-18/h2-7,18H,8-9H2,1H3. The fraction of sp³-hybridized carbons (Fsp3) is 0.200.